The van der Waals surface area contributed by atoms with Gasteiger partial charge in [-0.25, -0.2) is 0 Å². The van der Waals surface area contributed by atoms with E-state index in [1.807, 2.05) is 12.1 Å². The molecule has 1 aliphatic rings. The number of hydrogen-bond donors (Lipinski definition) is 6. The molecule has 0 aliphatic carbocycles. The Balaban J connectivity index is 1.44. The van der Waals surface area contributed by atoms with Crippen molar-refractivity contribution >= 4 is 29.7 Å². The van der Waals surface area contributed by atoms with Crippen molar-refractivity contribution in [3.05, 3.63) is 88.5 Å². The summed E-state index contributed by atoms with van der Waals surface area (Å²) in [6.45, 7) is 5.29. The number of amides is 2. The second-order valence-electron chi connectivity index (χ2n) is 12.6. The summed E-state index contributed by atoms with van der Waals surface area (Å²) in [5.41, 5.74) is 3.88. The van der Waals surface area contributed by atoms with E-state index in [2.05, 4.69) is 34.5 Å². The first-order valence-electron chi connectivity index (χ1n) is 16.2. The minimum absolute atomic E-state index is 0.103. The molecule has 10 nitrogen and oxygen atoms in total. The third-order valence-corrected chi connectivity index (χ3v) is 8.63. The Morgan fingerprint density at radius 3 is 2.18 bits per heavy atom. The number of halogens is 3. The molecule has 49 heavy (non-hydrogen) atoms. The van der Waals surface area contributed by atoms with E-state index in [0.29, 0.717) is 24.4 Å². The molecule has 3 aromatic carbocycles. The zero-order chi connectivity index (χ0) is 35.7. The molecule has 1 aliphatic heterocycles. The smallest absolute Gasteiger partial charge is 0.405 e. The maximum atomic E-state index is 12.8. The molecule has 1 saturated heterocycles. The molecule has 0 atom stereocenters. The van der Waals surface area contributed by atoms with Crippen LogP contribution in [-0.2, 0) is 29.0 Å². The number of nitrogens with zero attached hydrogens (tertiary/aromatic N) is 2. The zero-order valence-electron chi connectivity index (χ0n) is 27.6. The number of aromatic hydroxyl groups is 2. The van der Waals surface area contributed by atoms with Gasteiger partial charge in [-0.15, -0.1) is 0 Å². The highest BCUT2D eigenvalue weighted by Gasteiger charge is 2.32. The highest BCUT2D eigenvalue weighted by atomic mass is 19.4. The van der Waals surface area contributed by atoms with Crippen molar-refractivity contribution in [1.82, 2.24) is 15.5 Å². The summed E-state index contributed by atoms with van der Waals surface area (Å²) in [6, 6.07) is 17.7. The van der Waals surface area contributed by atoms with Gasteiger partial charge in [0, 0.05) is 24.8 Å². The Kier molecular flexibility index (Phi) is 12.4. The molecule has 0 bridgehead atoms. The third-order valence-electron chi connectivity index (χ3n) is 8.63. The molecule has 0 radical (unpaired) electrons. The van der Waals surface area contributed by atoms with Crippen molar-refractivity contribution in [3.8, 4) is 11.5 Å². The van der Waals surface area contributed by atoms with Crippen LogP contribution in [0, 0.1) is 16.7 Å². The lowest BCUT2D eigenvalue weighted by Crippen LogP contribution is -2.48. The monoisotopic (exact) mass is 680 g/mol. The number of phenolic OH excluding ortho intramolecular Hbond substituents is 2. The molecular formula is C36H43F3N6O4. The maximum absolute atomic E-state index is 12.8. The second kappa shape index (κ2) is 16.5. The number of phenols is 2. The zero-order valence-corrected chi connectivity index (χ0v) is 27.6. The maximum Gasteiger partial charge on any atom is 0.405 e. The van der Waals surface area contributed by atoms with E-state index >= 15 is 0 Å². The highest BCUT2D eigenvalue weighted by molar-refractivity contribution is 6.48. The van der Waals surface area contributed by atoms with E-state index in [1.54, 1.807) is 31.3 Å². The van der Waals surface area contributed by atoms with Crippen molar-refractivity contribution < 1.29 is 33.0 Å². The Bertz CT molecular complexity index is 1620. The van der Waals surface area contributed by atoms with Crippen molar-refractivity contribution in [2.75, 3.05) is 31.1 Å². The molecule has 1 fully saturated rings. The number of hydrogen-bond acceptors (Lipinski definition) is 7. The average Bonchev–Trinajstić information content (AvgIpc) is 3.05. The SMILES string of the molecule is CC(C)c1cc(C(=N)N(C(=N)C(=O)NCC(F)(F)F)c2ccc(CC3CCN(Cc4ccc(CCNC=O)cc4)CC3)cc2)c(O)cc1O. The largest absolute Gasteiger partial charge is 0.508 e. The number of alkyl halides is 3. The van der Waals surface area contributed by atoms with Gasteiger partial charge in [0.1, 0.15) is 23.9 Å². The van der Waals surface area contributed by atoms with E-state index in [-0.39, 0.29) is 22.9 Å². The molecule has 0 saturated carbocycles. The number of rotatable bonds is 12. The topological polar surface area (TPSA) is 153 Å². The minimum atomic E-state index is -4.70. The van der Waals surface area contributed by atoms with E-state index in [1.165, 1.54) is 17.2 Å². The minimum Gasteiger partial charge on any atom is -0.508 e. The van der Waals surface area contributed by atoms with Gasteiger partial charge in [0.2, 0.25) is 6.41 Å². The van der Waals surface area contributed by atoms with Crippen LogP contribution < -0.4 is 15.5 Å². The summed E-state index contributed by atoms with van der Waals surface area (Å²) >= 11 is 0. The van der Waals surface area contributed by atoms with E-state index in [0.717, 1.165) is 61.8 Å². The molecular weight excluding hydrogens is 637 g/mol. The lowest BCUT2D eigenvalue weighted by molar-refractivity contribution is -0.134. The number of benzene rings is 3. The Morgan fingerprint density at radius 1 is 0.980 bits per heavy atom. The van der Waals surface area contributed by atoms with Crippen LogP contribution in [0.3, 0.4) is 0 Å². The van der Waals surface area contributed by atoms with E-state index < -0.39 is 36.0 Å². The van der Waals surface area contributed by atoms with Gasteiger partial charge in [0.05, 0.1) is 5.56 Å². The van der Waals surface area contributed by atoms with Crippen molar-refractivity contribution in [1.29, 1.82) is 10.8 Å². The molecule has 2 amide bonds. The van der Waals surface area contributed by atoms with Gasteiger partial charge in [0.25, 0.3) is 5.91 Å². The fourth-order valence-electron chi connectivity index (χ4n) is 5.91. The standard InChI is InChI=1S/C36H43F3N6O4/c1-23(2)29-18-30(32(48)19-31(29)47)33(40)45(34(41)35(49)43-21-36(37,38)39)28-9-7-25(8-10-28)17-26-12-15-44(16-13-26)20-27-5-3-24(4-6-27)11-14-42-22-46/h3-10,18-19,22-23,26,40-41,47-48H,11-17,20-21H2,1-2H3,(H,42,46)(H,43,49). The van der Waals surface area contributed by atoms with Crippen LogP contribution in [0.1, 0.15) is 60.4 Å². The van der Waals surface area contributed by atoms with Gasteiger partial charge in [-0.1, -0.05) is 50.2 Å². The fourth-order valence-corrected chi connectivity index (χ4v) is 5.91. The van der Waals surface area contributed by atoms with Crippen LogP contribution in [0.2, 0.25) is 0 Å². The molecule has 13 heteroatoms. The van der Waals surface area contributed by atoms with Gasteiger partial charge < -0.3 is 20.8 Å². The summed E-state index contributed by atoms with van der Waals surface area (Å²) in [5.74, 6) is -3.24. The third kappa shape index (κ3) is 10.3. The number of anilines is 1. The molecule has 4 rings (SSSR count). The fraction of sp³-hybridized carbons (Fsp3) is 0.389. The summed E-state index contributed by atoms with van der Waals surface area (Å²) < 4.78 is 38.5. The molecule has 0 spiro atoms. The highest BCUT2D eigenvalue weighted by Crippen LogP contribution is 2.34. The first kappa shape index (κ1) is 36.9. The number of amidine groups is 2. The predicted octanol–water partition coefficient (Wildman–Crippen LogP) is 5.45. The summed E-state index contributed by atoms with van der Waals surface area (Å²) in [4.78, 5) is 26.4. The van der Waals surface area contributed by atoms with Crippen molar-refractivity contribution in [2.45, 2.75) is 58.2 Å². The Hall–Kier alpha value is -4.91. The van der Waals surface area contributed by atoms with Crippen LogP contribution in [0.4, 0.5) is 18.9 Å². The molecule has 0 unspecified atom stereocenters. The van der Waals surface area contributed by atoms with Crippen LogP contribution in [-0.4, -0.2) is 71.5 Å². The number of nitrogens with one attached hydrogen (secondary N) is 4. The van der Waals surface area contributed by atoms with Gasteiger partial charge >= 0.3 is 6.18 Å². The number of carbonyl (C=O) groups is 2. The van der Waals surface area contributed by atoms with Crippen LogP contribution in [0.15, 0.2) is 60.7 Å². The van der Waals surface area contributed by atoms with E-state index in [9.17, 15) is 33.0 Å². The van der Waals surface area contributed by atoms with Gasteiger partial charge in [-0.2, -0.15) is 13.2 Å². The number of carbonyl (C=O) groups excluding carboxylic acids is 2. The average molecular weight is 681 g/mol. The molecule has 262 valence electrons. The summed E-state index contributed by atoms with van der Waals surface area (Å²) in [5, 5.41) is 42.6. The molecule has 6 N–H and O–H groups in total. The first-order valence-corrected chi connectivity index (χ1v) is 16.2. The molecule has 3 aromatic rings. The van der Waals surface area contributed by atoms with Crippen LogP contribution >= 0.6 is 0 Å². The van der Waals surface area contributed by atoms with Gasteiger partial charge in [-0.3, -0.25) is 30.2 Å². The molecule has 0 aromatic heterocycles. The Labute approximate surface area is 284 Å². The first-order chi connectivity index (χ1) is 23.3. The number of likely N-dealkylation sites (tertiary alicyclic amines) is 1. The molecule has 1 heterocycles. The normalized spacial score (nSPS) is 14.0. The van der Waals surface area contributed by atoms with Crippen molar-refractivity contribution in [3.63, 3.8) is 0 Å². The Morgan fingerprint density at radius 2 is 1.59 bits per heavy atom. The lowest BCUT2D eigenvalue weighted by atomic mass is 9.90. The van der Waals surface area contributed by atoms with Gasteiger partial charge in [-0.05, 0) is 91.1 Å². The van der Waals surface area contributed by atoms with Crippen LogP contribution in [0.5, 0.6) is 11.5 Å². The summed E-state index contributed by atoms with van der Waals surface area (Å²) in [6.07, 6.45) is -0.433. The predicted molar refractivity (Wildman–Crippen MR) is 182 cm³/mol. The summed E-state index contributed by atoms with van der Waals surface area (Å²) in [7, 11) is 0. The lowest BCUT2D eigenvalue weighted by Gasteiger charge is -2.32. The van der Waals surface area contributed by atoms with Crippen molar-refractivity contribution in [2.24, 2.45) is 5.92 Å². The number of piperidine rings is 1. The van der Waals surface area contributed by atoms with Gasteiger partial charge in [0.15, 0.2) is 5.84 Å². The second-order valence-corrected chi connectivity index (χ2v) is 12.6. The quantitative estimate of drug-likeness (QED) is 0.0648. The van der Waals surface area contributed by atoms with E-state index in [4.69, 9.17) is 10.8 Å². The van der Waals surface area contributed by atoms with Crippen LogP contribution in [0.25, 0.3) is 0 Å².